The van der Waals surface area contributed by atoms with Crippen molar-refractivity contribution in [1.82, 2.24) is 4.90 Å². The molecular formula is C12H19NO5S. The lowest BCUT2D eigenvalue weighted by molar-refractivity contribution is 0.0233. The van der Waals surface area contributed by atoms with Crippen LogP contribution in [0.2, 0.25) is 0 Å². The molecule has 3 rings (SSSR count). The van der Waals surface area contributed by atoms with Gasteiger partial charge in [0, 0.05) is 12.1 Å². The molecule has 0 aromatic rings. The second-order valence-electron chi connectivity index (χ2n) is 5.70. The molecule has 1 saturated carbocycles. The van der Waals surface area contributed by atoms with E-state index in [1.54, 1.807) is 6.92 Å². The fraction of sp³-hybridized carbons (Fsp3) is 0.917. The summed E-state index contributed by atoms with van der Waals surface area (Å²) in [4.78, 5) is 13.8. The Hall–Kier alpha value is -0.820. The highest BCUT2D eigenvalue weighted by molar-refractivity contribution is 7.86. The molecule has 1 aliphatic carbocycles. The van der Waals surface area contributed by atoms with Gasteiger partial charge in [0.1, 0.15) is 0 Å². The summed E-state index contributed by atoms with van der Waals surface area (Å²) >= 11 is 0. The molecule has 1 amide bonds. The number of ether oxygens (including phenoxy) is 1. The maximum atomic E-state index is 12.0. The monoisotopic (exact) mass is 289 g/mol. The highest BCUT2D eigenvalue weighted by atomic mass is 32.2. The predicted molar refractivity (Wildman–Crippen MR) is 67.0 cm³/mol. The van der Waals surface area contributed by atoms with Crippen molar-refractivity contribution < 1.29 is 22.1 Å². The molecule has 3 aliphatic rings. The molecule has 2 aliphatic heterocycles. The number of hydrogen-bond donors (Lipinski definition) is 0. The zero-order chi connectivity index (χ0) is 13.8. The summed E-state index contributed by atoms with van der Waals surface area (Å²) < 4.78 is 32.6. The molecule has 19 heavy (non-hydrogen) atoms. The summed E-state index contributed by atoms with van der Waals surface area (Å²) in [5, 5.41) is 0. The van der Waals surface area contributed by atoms with Crippen LogP contribution in [0.5, 0.6) is 0 Å². The molecule has 3 fully saturated rings. The number of hydrogen-bond acceptors (Lipinski definition) is 5. The lowest BCUT2D eigenvalue weighted by Gasteiger charge is -2.39. The van der Waals surface area contributed by atoms with Gasteiger partial charge in [-0.2, -0.15) is 8.42 Å². The van der Waals surface area contributed by atoms with E-state index < -0.39 is 10.1 Å². The van der Waals surface area contributed by atoms with Gasteiger partial charge in [0.15, 0.2) is 0 Å². The van der Waals surface area contributed by atoms with Crippen molar-refractivity contribution in [2.75, 3.05) is 12.9 Å². The Balaban J connectivity index is 1.72. The first kappa shape index (κ1) is 13.2. The first-order chi connectivity index (χ1) is 8.90. The van der Waals surface area contributed by atoms with Gasteiger partial charge in [0.2, 0.25) is 0 Å². The molecule has 7 heteroatoms. The van der Waals surface area contributed by atoms with Crippen LogP contribution < -0.4 is 0 Å². The Morgan fingerprint density at radius 3 is 2.26 bits per heavy atom. The van der Waals surface area contributed by atoms with Gasteiger partial charge in [-0.05, 0) is 38.0 Å². The number of rotatable bonds is 3. The smallest absolute Gasteiger partial charge is 0.410 e. The van der Waals surface area contributed by atoms with E-state index in [-0.39, 0.29) is 24.3 Å². The van der Waals surface area contributed by atoms with Crippen LogP contribution in [-0.2, 0) is 19.0 Å². The topological polar surface area (TPSA) is 72.9 Å². The molecule has 4 unspecified atom stereocenters. The first-order valence-corrected chi connectivity index (χ1v) is 8.55. The van der Waals surface area contributed by atoms with Crippen LogP contribution in [0.4, 0.5) is 4.79 Å². The molecular weight excluding hydrogens is 270 g/mol. The van der Waals surface area contributed by atoms with Crippen molar-refractivity contribution >= 4 is 16.2 Å². The zero-order valence-corrected chi connectivity index (χ0v) is 11.9. The van der Waals surface area contributed by atoms with Crippen molar-refractivity contribution in [2.45, 2.75) is 44.4 Å². The quantitative estimate of drug-likeness (QED) is 0.724. The van der Waals surface area contributed by atoms with E-state index in [2.05, 4.69) is 0 Å². The Bertz CT molecular complexity index is 472. The first-order valence-electron chi connectivity index (χ1n) is 6.74. The van der Waals surface area contributed by atoms with Crippen LogP contribution in [0.3, 0.4) is 0 Å². The van der Waals surface area contributed by atoms with Crippen LogP contribution >= 0.6 is 0 Å². The maximum absolute atomic E-state index is 12.0. The number of fused-ring (bicyclic) bond motifs is 5. The predicted octanol–water partition coefficient (Wildman–Crippen LogP) is 0.970. The van der Waals surface area contributed by atoms with Gasteiger partial charge in [-0.25, -0.2) is 4.79 Å². The highest BCUT2D eigenvalue weighted by Crippen LogP contribution is 2.58. The van der Waals surface area contributed by atoms with E-state index in [4.69, 9.17) is 8.92 Å². The van der Waals surface area contributed by atoms with Gasteiger partial charge < -0.3 is 9.64 Å². The number of nitrogens with zero attached hydrogens (tertiary/aromatic N) is 1. The standard InChI is InChI=1S/C12H19NO5S/c1-3-17-12(14)13-10-4-7(18-19(2,15)16)5-11(13)9-6-8(9)10/h7-11H,3-6H2,1-2H3/t7?,8-,9?,10?,11?/m0/s1. The van der Waals surface area contributed by atoms with E-state index >= 15 is 0 Å². The number of amides is 1. The Kier molecular flexibility index (Phi) is 3.01. The summed E-state index contributed by atoms with van der Waals surface area (Å²) in [6.07, 6.45) is 2.88. The summed E-state index contributed by atoms with van der Waals surface area (Å²) in [5.74, 6) is 1.03. The van der Waals surface area contributed by atoms with Crippen LogP contribution in [0.15, 0.2) is 0 Å². The fourth-order valence-electron chi connectivity index (χ4n) is 3.79. The maximum Gasteiger partial charge on any atom is 0.410 e. The number of piperidine rings is 2. The van der Waals surface area contributed by atoms with Crippen LogP contribution in [0, 0.1) is 11.8 Å². The lowest BCUT2D eigenvalue weighted by atomic mass is 9.96. The summed E-state index contributed by atoms with van der Waals surface area (Å²) in [5.41, 5.74) is 0. The molecule has 6 nitrogen and oxygen atoms in total. The second-order valence-corrected chi connectivity index (χ2v) is 7.30. The van der Waals surface area contributed by atoms with E-state index in [1.807, 2.05) is 4.90 Å². The van der Waals surface area contributed by atoms with Crippen molar-refractivity contribution in [1.29, 1.82) is 0 Å². The molecule has 108 valence electrons. The number of carbonyl (C=O) groups excluding carboxylic acids is 1. The number of carbonyl (C=O) groups is 1. The zero-order valence-electron chi connectivity index (χ0n) is 11.1. The van der Waals surface area contributed by atoms with E-state index in [9.17, 15) is 13.2 Å². The molecule has 0 radical (unpaired) electrons. The fourth-order valence-corrected chi connectivity index (χ4v) is 4.44. The third-order valence-electron chi connectivity index (χ3n) is 4.39. The van der Waals surface area contributed by atoms with E-state index in [0.717, 1.165) is 12.7 Å². The summed E-state index contributed by atoms with van der Waals surface area (Å²) in [6.45, 7) is 2.16. The Labute approximate surface area is 113 Å². The average molecular weight is 289 g/mol. The SMILES string of the molecule is CCOC(=O)N1C2CC(OS(C)(=O)=O)CC1[C@H]1CC21. The third-order valence-corrected chi connectivity index (χ3v) is 5.01. The van der Waals surface area contributed by atoms with Crippen molar-refractivity contribution in [3.8, 4) is 0 Å². The van der Waals surface area contributed by atoms with Gasteiger partial charge in [-0.3, -0.25) is 4.18 Å². The van der Waals surface area contributed by atoms with E-state index in [1.165, 1.54) is 0 Å². The minimum Gasteiger partial charge on any atom is -0.450 e. The lowest BCUT2D eigenvalue weighted by Crippen LogP contribution is -2.51. The van der Waals surface area contributed by atoms with Gasteiger partial charge in [0.05, 0.1) is 19.0 Å². The molecule has 2 heterocycles. The Morgan fingerprint density at radius 1 is 1.21 bits per heavy atom. The van der Waals surface area contributed by atoms with Gasteiger partial charge in [-0.15, -0.1) is 0 Å². The molecule has 0 aromatic heterocycles. The van der Waals surface area contributed by atoms with Crippen molar-refractivity contribution in [2.24, 2.45) is 11.8 Å². The molecule has 0 N–H and O–H groups in total. The highest BCUT2D eigenvalue weighted by Gasteiger charge is 2.63. The van der Waals surface area contributed by atoms with Crippen molar-refractivity contribution in [3.05, 3.63) is 0 Å². The van der Waals surface area contributed by atoms with Crippen LogP contribution in [0.25, 0.3) is 0 Å². The Morgan fingerprint density at radius 2 is 1.79 bits per heavy atom. The molecule has 2 bridgehead atoms. The van der Waals surface area contributed by atoms with Crippen LogP contribution in [-0.4, -0.2) is 50.5 Å². The summed E-state index contributed by atoms with van der Waals surface area (Å²) in [6, 6.07) is 0.184. The molecule has 2 saturated heterocycles. The van der Waals surface area contributed by atoms with Gasteiger partial charge >= 0.3 is 6.09 Å². The average Bonchev–Trinajstić information content (AvgIpc) is 3.01. The van der Waals surface area contributed by atoms with Gasteiger partial charge in [-0.1, -0.05) is 0 Å². The van der Waals surface area contributed by atoms with E-state index in [0.29, 0.717) is 31.3 Å². The normalized spacial score (nSPS) is 39.9. The minimum absolute atomic E-state index is 0.0922. The second kappa shape index (κ2) is 4.34. The molecule has 0 aromatic carbocycles. The van der Waals surface area contributed by atoms with Crippen molar-refractivity contribution in [3.63, 3.8) is 0 Å². The molecule has 5 atom stereocenters. The minimum atomic E-state index is -3.43. The molecule has 0 spiro atoms. The third kappa shape index (κ3) is 2.33. The largest absolute Gasteiger partial charge is 0.450 e. The van der Waals surface area contributed by atoms with Gasteiger partial charge in [0.25, 0.3) is 10.1 Å². The summed E-state index contributed by atoms with van der Waals surface area (Å²) in [7, 11) is -3.43. The van der Waals surface area contributed by atoms with Crippen LogP contribution in [0.1, 0.15) is 26.2 Å².